The Morgan fingerprint density at radius 3 is 2.53 bits per heavy atom. The van der Waals surface area contributed by atoms with Crippen LogP contribution in [0.15, 0.2) is 12.7 Å². The molecule has 19 heavy (non-hydrogen) atoms. The van der Waals surface area contributed by atoms with Crippen molar-refractivity contribution < 1.29 is 14.7 Å². The Labute approximate surface area is 110 Å². The summed E-state index contributed by atoms with van der Waals surface area (Å²) in [5.74, 6) is -0.851. The van der Waals surface area contributed by atoms with Crippen molar-refractivity contribution in [1.82, 2.24) is 24.6 Å². The highest BCUT2D eigenvalue weighted by molar-refractivity contribution is 5.76. The van der Waals surface area contributed by atoms with E-state index >= 15 is 0 Å². The SMILES string of the molecule is CC(C(=O)O)N1CCN(C(=O)Cn2cncn2)CC1. The molecule has 1 aliphatic rings. The third-order valence-corrected chi connectivity index (χ3v) is 3.34. The molecule has 1 aliphatic heterocycles. The van der Waals surface area contributed by atoms with Gasteiger partial charge >= 0.3 is 5.97 Å². The van der Waals surface area contributed by atoms with Gasteiger partial charge in [-0.15, -0.1) is 0 Å². The molecule has 8 heteroatoms. The highest BCUT2D eigenvalue weighted by Gasteiger charge is 2.27. The first kappa shape index (κ1) is 13.5. The molecule has 1 atom stereocenters. The zero-order chi connectivity index (χ0) is 13.8. The van der Waals surface area contributed by atoms with Gasteiger partial charge in [-0.05, 0) is 6.92 Å². The predicted octanol–water partition coefficient (Wildman–Crippen LogP) is -1.10. The number of carbonyl (C=O) groups excluding carboxylic acids is 1. The van der Waals surface area contributed by atoms with E-state index in [9.17, 15) is 9.59 Å². The van der Waals surface area contributed by atoms with Crippen molar-refractivity contribution in [1.29, 1.82) is 0 Å². The van der Waals surface area contributed by atoms with Crippen molar-refractivity contribution in [3.05, 3.63) is 12.7 Å². The zero-order valence-electron chi connectivity index (χ0n) is 10.8. The van der Waals surface area contributed by atoms with Crippen LogP contribution in [0.25, 0.3) is 0 Å². The molecule has 1 aromatic rings. The van der Waals surface area contributed by atoms with E-state index < -0.39 is 12.0 Å². The fourth-order valence-electron chi connectivity index (χ4n) is 2.07. The average Bonchev–Trinajstić information content (AvgIpc) is 2.90. The van der Waals surface area contributed by atoms with Crippen LogP contribution in [-0.4, -0.2) is 73.8 Å². The van der Waals surface area contributed by atoms with Gasteiger partial charge in [0.2, 0.25) is 5.91 Å². The molecule has 0 spiro atoms. The molecule has 1 amide bonds. The molecule has 0 aromatic carbocycles. The number of hydrogen-bond donors (Lipinski definition) is 1. The largest absolute Gasteiger partial charge is 0.480 e. The Hall–Kier alpha value is -1.96. The molecule has 0 radical (unpaired) electrons. The van der Waals surface area contributed by atoms with Gasteiger partial charge in [-0.1, -0.05) is 0 Å². The summed E-state index contributed by atoms with van der Waals surface area (Å²) in [4.78, 5) is 30.2. The number of aromatic nitrogens is 3. The third kappa shape index (κ3) is 3.28. The molecule has 0 saturated carbocycles. The normalized spacial score (nSPS) is 18.3. The van der Waals surface area contributed by atoms with Gasteiger partial charge in [0.15, 0.2) is 0 Å². The van der Waals surface area contributed by atoms with Crippen LogP contribution in [0.1, 0.15) is 6.92 Å². The zero-order valence-corrected chi connectivity index (χ0v) is 10.8. The van der Waals surface area contributed by atoms with Crippen LogP contribution in [0.2, 0.25) is 0 Å². The van der Waals surface area contributed by atoms with E-state index in [0.29, 0.717) is 26.2 Å². The van der Waals surface area contributed by atoms with Crippen LogP contribution in [0.4, 0.5) is 0 Å². The van der Waals surface area contributed by atoms with Gasteiger partial charge in [-0.2, -0.15) is 5.10 Å². The van der Waals surface area contributed by atoms with Crippen molar-refractivity contribution in [3.63, 3.8) is 0 Å². The van der Waals surface area contributed by atoms with E-state index in [1.54, 1.807) is 11.8 Å². The summed E-state index contributed by atoms with van der Waals surface area (Å²) >= 11 is 0. The fourth-order valence-corrected chi connectivity index (χ4v) is 2.07. The Morgan fingerprint density at radius 1 is 1.32 bits per heavy atom. The van der Waals surface area contributed by atoms with Crippen molar-refractivity contribution >= 4 is 11.9 Å². The maximum absolute atomic E-state index is 12.0. The first-order valence-corrected chi connectivity index (χ1v) is 6.15. The second-order valence-corrected chi connectivity index (χ2v) is 4.52. The highest BCUT2D eigenvalue weighted by Crippen LogP contribution is 2.07. The highest BCUT2D eigenvalue weighted by atomic mass is 16.4. The predicted molar refractivity (Wildman–Crippen MR) is 65.3 cm³/mol. The van der Waals surface area contributed by atoms with Crippen LogP contribution in [0, 0.1) is 0 Å². The van der Waals surface area contributed by atoms with E-state index in [1.165, 1.54) is 17.3 Å². The third-order valence-electron chi connectivity index (χ3n) is 3.34. The monoisotopic (exact) mass is 267 g/mol. The van der Waals surface area contributed by atoms with Crippen LogP contribution in [-0.2, 0) is 16.1 Å². The van der Waals surface area contributed by atoms with Gasteiger partial charge in [0.05, 0.1) is 0 Å². The average molecular weight is 267 g/mol. The number of carboxylic acids is 1. The van der Waals surface area contributed by atoms with Gasteiger partial charge in [0.25, 0.3) is 0 Å². The van der Waals surface area contributed by atoms with Crippen molar-refractivity contribution in [2.45, 2.75) is 19.5 Å². The number of amides is 1. The molecule has 1 saturated heterocycles. The summed E-state index contributed by atoms with van der Waals surface area (Å²) in [6.07, 6.45) is 2.89. The quantitative estimate of drug-likeness (QED) is 0.744. The molecule has 1 unspecified atom stereocenters. The maximum atomic E-state index is 12.0. The minimum absolute atomic E-state index is 0.0203. The Bertz CT molecular complexity index is 439. The lowest BCUT2D eigenvalue weighted by Gasteiger charge is -2.36. The molecule has 0 aliphatic carbocycles. The summed E-state index contributed by atoms with van der Waals surface area (Å²) in [7, 11) is 0. The van der Waals surface area contributed by atoms with E-state index in [2.05, 4.69) is 10.1 Å². The minimum Gasteiger partial charge on any atom is -0.480 e. The lowest BCUT2D eigenvalue weighted by Crippen LogP contribution is -2.53. The smallest absolute Gasteiger partial charge is 0.320 e. The van der Waals surface area contributed by atoms with Gasteiger partial charge in [0, 0.05) is 26.2 Å². The molecule has 0 bridgehead atoms. The summed E-state index contributed by atoms with van der Waals surface area (Å²) in [6, 6.07) is -0.507. The first-order valence-electron chi connectivity index (χ1n) is 6.15. The number of nitrogens with zero attached hydrogens (tertiary/aromatic N) is 5. The Morgan fingerprint density at radius 2 is 2.00 bits per heavy atom. The fraction of sp³-hybridized carbons (Fsp3) is 0.636. The number of rotatable bonds is 4. The minimum atomic E-state index is -0.831. The second kappa shape index (κ2) is 5.79. The van der Waals surface area contributed by atoms with Crippen LogP contribution in [0.3, 0.4) is 0 Å². The first-order chi connectivity index (χ1) is 9.08. The summed E-state index contributed by atoms with van der Waals surface area (Å²) in [6.45, 7) is 4.09. The molecule has 1 N–H and O–H groups in total. The number of piperazine rings is 1. The number of hydrogen-bond acceptors (Lipinski definition) is 5. The second-order valence-electron chi connectivity index (χ2n) is 4.52. The Kier molecular flexibility index (Phi) is 4.10. The van der Waals surface area contributed by atoms with Crippen LogP contribution >= 0.6 is 0 Å². The summed E-state index contributed by atoms with van der Waals surface area (Å²) in [5.41, 5.74) is 0. The van der Waals surface area contributed by atoms with Crippen molar-refractivity contribution in [3.8, 4) is 0 Å². The number of aliphatic carboxylic acids is 1. The number of carbonyl (C=O) groups is 2. The molecule has 2 heterocycles. The number of carboxylic acid groups (broad SMARTS) is 1. The molecule has 1 aromatic heterocycles. The van der Waals surface area contributed by atoms with E-state index in [-0.39, 0.29) is 12.5 Å². The van der Waals surface area contributed by atoms with Crippen LogP contribution < -0.4 is 0 Å². The molecular formula is C11H17N5O3. The lowest BCUT2D eigenvalue weighted by molar-refractivity contribution is -0.144. The van der Waals surface area contributed by atoms with Gasteiger partial charge < -0.3 is 10.0 Å². The van der Waals surface area contributed by atoms with E-state index in [0.717, 1.165) is 0 Å². The lowest BCUT2D eigenvalue weighted by atomic mass is 10.2. The molecule has 8 nitrogen and oxygen atoms in total. The van der Waals surface area contributed by atoms with Gasteiger partial charge in [0.1, 0.15) is 25.2 Å². The summed E-state index contributed by atoms with van der Waals surface area (Å²) < 4.78 is 1.48. The maximum Gasteiger partial charge on any atom is 0.320 e. The Balaban J connectivity index is 1.83. The molecular weight excluding hydrogens is 250 g/mol. The van der Waals surface area contributed by atoms with Gasteiger partial charge in [-0.25, -0.2) is 9.67 Å². The van der Waals surface area contributed by atoms with Crippen molar-refractivity contribution in [2.75, 3.05) is 26.2 Å². The van der Waals surface area contributed by atoms with Crippen molar-refractivity contribution in [2.24, 2.45) is 0 Å². The topological polar surface area (TPSA) is 91.6 Å². The standard InChI is InChI=1S/C11H17N5O3/c1-9(11(18)19)14-2-4-15(5-3-14)10(17)6-16-8-12-7-13-16/h7-9H,2-6H2,1H3,(H,18,19). The molecule has 104 valence electrons. The molecule has 1 fully saturated rings. The van der Waals surface area contributed by atoms with E-state index in [4.69, 9.17) is 5.11 Å². The van der Waals surface area contributed by atoms with Crippen LogP contribution in [0.5, 0.6) is 0 Å². The van der Waals surface area contributed by atoms with E-state index in [1.807, 2.05) is 4.90 Å². The summed E-state index contributed by atoms with van der Waals surface area (Å²) in [5, 5.41) is 12.8. The van der Waals surface area contributed by atoms with Gasteiger partial charge in [-0.3, -0.25) is 14.5 Å². The molecule has 2 rings (SSSR count).